The largest absolute Gasteiger partial charge is 0.273 e. The number of nitrogens with zero attached hydrogens (tertiary/aromatic N) is 1. The van der Waals surface area contributed by atoms with Crippen molar-refractivity contribution >= 4 is 11.6 Å². The highest BCUT2D eigenvalue weighted by Gasteiger charge is 2.02. The summed E-state index contributed by atoms with van der Waals surface area (Å²) in [6, 6.07) is 19.4. The van der Waals surface area contributed by atoms with Crippen LogP contribution in [0.5, 0.6) is 0 Å². The maximum Gasteiger partial charge on any atom is 0.244 e. The third kappa shape index (κ3) is 4.07. The molecule has 0 heterocycles. The molecule has 3 nitrogen and oxygen atoms in total. The zero-order chi connectivity index (χ0) is 13.5. The Labute approximate surface area is 113 Å². The lowest BCUT2D eigenvalue weighted by molar-refractivity contribution is -0.120. The number of benzene rings is 2. The summed E-state index contributed by atoms with van der Waals surface area (Å²) in [5.41, 5.74) is 5.35. The number of hydrogen-bond donors (Lipinski definition) is 1. The van der Waals surface area contributed by atoms with Gasteiger partial charge in [-0.2, -0.15) is 5.10 Å². The predicted octanol–water partition coefficient (Wildman–Crippen LogP) is 2.77. The number of nitrogens with one attached hydrogen (secondary N) is 1. The normalized spacial score (nSPS) is 11.1. The maximum atomic E-state index is 11.7. The van der Waals surface area contributed by atoms with Crippen LogP contribution >= 0.6 is 0 Å². The van der Waals surface area contributed by atoms with Crippen molar-refractivity contribution in [2.75, 3.05) is 0 Å². The summed E-state index contributed by atoms with van der Waals surface area (Å²) in [7, 11) is 0. The number of rotatable bonds is 4. The van der Waals surface area contributed by atoms with E-state index in [0.717, 1.165) is 16.8 Å². The van der Waals surface area contributed by atoms with Crippen molar-refractivity contribution in [2.24, 2.45) is 5.10 Å². The van der Waals surface area contributed by atoms with Gasteiger partial charge in [-0.25, -0.2) is 5.43 Å². The van der Waals surface area contributed by atoms with E-state index in [4.69, 9.17) is 0 Å². The van der Waals surface area contributed by atoms with Crippen LogP contribution in [0, 0.1) is 0 Å². The molecular formula is C16H16N2O. The first-order valence-electron chi connectivity index (χ1n) is 6.18. The van der Waals surface area contributed by atoms with Crippen molar-refractivity contribution in [2.45, 2.75) is 13.3 Å². The van der Waals surface area contributed by atoms with Gasteiger partial charge in [0.25, 0.3) is 0 Å². The van der Waals surface area contributed by atoms with E-state index < -0.39 is 0 Å². The molecule has 0 saturated carbocycles. The Hall–Kier alpha value is -2.42. The second-order valence-electron chi connectivity index (χ2n) is 4.26. The summed E-state index contributed by atoms with van der Waals surface area (Å²) in [5.74, 6) is -0.110. The smallest absolute Gasteiger partial charge is 0.244 e. The Bertz CT molecular complexity index is 562. The van der Waals surface area contributed by atoms with Gasteiger partial charge in [0.15, 0.2) is 0 Å². The zero-order valence-electron chi connectivity index (χ0n) is 10.8. The van der Waals surface area contributed by atoms with Crippen molar-refractivity contribution in [1.82, 2.24) is 5.43 Å². The minimum Gasteiger partial charge on any atom is -0.273 e. The van der Waals surface area contributed by atoms with Crippen LogP contribution in [0.2, 0.25) is 0 Å². The number of hydrazone groups is 1. The fourth-order valence-electron chi connectivity index (χ4n) is 1.71. The number of hydrogen-bond acceptors (Lipinski definition) is 2. The van der Waals surface area contributed by atoms with Crippen molar-refractivity contribution in [3.63, 3.8) is 0 Å². The molecule has 0 radical (unpaired) electrons. The van der Waals surface area contributed by atoms with Crippen LogP contribution in [0.3, 0.4) is 0 Å². The van der Waals surface area contributed by atoms with Gasteiger partial charge in [-0.15, -0.1) is 0 Å². The Kier molecular flexibility index (Phi) is 4.45. The van der Waals surface area contributed by atoms with E-state index in [1.165, 1.54) is 0 Å². The summed E-state index contributed by atoms with van der Waals surface area (Å²) in [5, 5.41) is 4.11. The fourth-order valence-corrected chi connectivity index (χ4v) is 1.71. The molecule has 2 rings (SSSR count). The standard InChI is InChI=1S/C16H16N2O/c1-13(15-10-6-3-7-11-15)17-18-16(19)12-14-8-4-2-5-9-14/h2-11H,12H2,1H3,(H,18,19). The maximum absolute atomic E-state index is 11.7. The van der Waals surface area contributed by atoms with Crippen LogP contribution in [0.25, 0.3) is 0 Å². The molecule has 0 aliphatic carbocycles. The van der Waals surface area contributed by atoms with E-state index in [0.29, 0.717) is 6.42 Å². The molecule has 0 spiro atoms. The van der Waals surface area contributed by atoms with E-state index in [1.54, 1.807) is 0 Å². The third-order valence-electron chi connectivity index (χ3n) is 2.75. The van der Waals surface area contributed by atoms with Gasteiger partial charge < -0.3 is 0 Å². The van der Waals surface area contributed by atoms with Crippen LogP contribution in [0.4, 0.5) is 0 Å². The first-order valence-corrected chi connectivity index (χ1v) is 6.18. The molecule has 0 aromatic heterocycles. The Morgan fingerprint density at radius 1 is 1.00 bits per heavy atom. The molecule has 0 fully saturated rings. The van der Waals surface area contributed by atoms with Gasteiger partial charge in [0.2, 0.25) is 5.91 Å². The van der Waals surface area contributed by atoms with Crippen LogP contribution < -0.4 is 5.43 Å². The molecule has 2 aromatic rings. The first kappa shape index (κ1) is 13.0. The molecule has 1 amide bonds. The molecule has 1 N–H and O–H groups in total. The molecule has 19 heavy (non-hydrogen) atoms. The Balaban J connectivity index is 1.93. The Morgan fingerprint density at radius 3 is 2.21 bits per heavy atom. The zero-order valence-corrected chi connectivity index (χ0v) is 10.8. The van der Waals surface area contributed by atoms with E-state index in [-0.39, 0.29) is 5.91 Å². The van der Waals surface area contributed by atoms with E-state index in [1.807, 2.05) is 67.6 Å². The van der Waals surface area contributed by atoms with Crippen molar-refractivity contribution < 1.29 is 4.79 Å². The molecular weight excluding hydrogens is 236 g/mol. The highest BCUT2D eigenvalue weighted by atomic mass is 16.2. The summed E-state index contributed by atoms with van der Waals surface area (Å²) >= 11 is 0. The molecule has 0 saturated heterocycles. The Morgan fingerprint density at radius 2 is 1.58 bits per heavy atom. The minimum absolute atomic E-state index is 0.110. The van der Waals surface area contributed by atoms with E-state index in [2.05, 4.69) is 10.5 Å². The van der Waals surface area contributed by atoms with Gasteiger partial charge in [-0.1, -0.05) is 60.7 Å². The molecule has 0 unspecified atom stereocenters. The minimum atomic E-state index is -0.110. The van der Waals surface area contributed by atoms with Gasteiger partial charge in [-0.3, -0.25) is 4.79 Å². The average molecular weight is 252 g/mol. The second-order valence-corrected chi connectivity index (χ2v) is 4.26. The van der Waals surface area contributed by atoms with Gasteiger partial charge >= 0.3 is 0 Å². The van der Waals surface area contributed by atoms with Gasteiger partial charge in [0, 0.05) is 0 Å². The lowest BCUT2D eigenvalue weighted by Crippen LogP contribution is -2.21. The molecule has 2 aromatic carbocycles. The number of carbonyl (C=O) groups is 1. The summed E-state index contributed by atoms with van der Waals surface area (Å²) in [4.78, 5) is 11.7. The van der Waals surface area contributed by atoms with Gasteiger partial charge in [-0.05, 0) is 18.1 Å². The molecule has 0 aliphatic rings. The van der Waals surface area contributed by atoms with Crippen molar-refractivity contribution in [1.29, 1.82) is 0 Å². The monoisotopic (exact) mass is 252 g/mol. The predicted molar refractivity (Wildman–Crippen MR) is 76.9 cm³/mol. The van der Waals surface area contributed by atoms with Gasteiger partial charge in [0.1, 0.15) is 0 Å². The van der Waals surface area contributed by atoms with Crippen LogP contribution in [-0.2, 0) is 11.2 Å². The second kappa shape index (κ2) is 6.50. The highest BCUT2D eigenvalue weighted by Crippen LogP contribution is 2.01. The van der Waals surface area contributed by atoms with Gasteiger partial charge in [0.05, 0.1) is 12.1 Å². The fraction of sp³-hybridized carbons (Fsp3) is 0.125. The van der Waals surface area contributed by atoms with Crippen molar-refractivity contribution in [3.05, 3.63) is 71.8 Å². The number of carbonyl (C=O) groups excluding carboxylic acids is 1. The molecule has 0 atom stereocenters. The van der Waals surface area contributed by atoms with Crippen LogP contribution in [0.1, 0.15) is 18.1 Å². The lowest BCUT2D eigenvalue weighted by Gasteiger charge is -2.03. The van der Waals surface area contributed by atoms with Crippen molar-refractivity contribution in [3.8, 4) is 0 Å². The quantitative estimate of drug-likeness (QED) is 0.659. The molecule has 0 aliphatic heterocycles. The van der Waals surface area contributed by atoms with E-state index >= 15 is 0 Å². The first-order chi connectivity index (χ1) is 9.25. The van der Waals surface area contributed by atoms with Crippen LogP contribution in [0.15, 0.2) is 65.8 Å². The summed E-state index contributed by atoms with van der Waals surface area (Å²) in [6.45, 7) is 1.87. The van der Waals surface area contributed by atoms with E-state index in [9.17, 15) is 4.79 Å². The summed E-state index contributed by atoms with van der Waals surface area (Å²) in [6.07, 6.45) is 0.340. The third-order valence-corrected chi connectivity index (χ3v) is 2.75. The summed E-state index contributed by atoms with van der Waals surface area (Å²) < 4.78 is 0. The molecule has 96 valence electrons. The average Bonchev–Trinajstić information content (AvgIpc) is 2.47. The molecule has 0 bridgehead atoms. The topological polar surface area (TPSA) is 41.5 Å². The lowest BCUT2D eigenvalue weighted by atomic mass is 10.1. The molecule has 3 heteroatoms. The highest BCUT2D eigenvalue weighted by molar-refractivity contribution is 5.99. The van der Waals surface area contributed by atoms with Crippen LogP contribution in [-0.4, -0.2) is 11.6 Å². The SMILES string of the molecule is CC(=NNC(=O)Cc1ccccc1)c1ccccc1. The number of amides is 1.